The number of hydrogen-bond donors (Lipinski definition) is 4. The SMILES string of the molecule is CCn1cnc2c(NCc3cc(I)ccc3N)nc(NCC(C)C(C)(C)O)nc21. The lowest BCUT2D eigenvalue weighted by molar-refractivity contribution is 0.0303. The van der Waals surface area contributed by atoms with E-state index in [-0.39, 0.29) is 5.92 Å². The van der Waals surface area contributed by atoms with Crippen molar-refractivity contribution >= 4 is 51.2 Å². The average Bonchev–Trinajstić information content (AvgIpc) is 3.09. The van der Waals surface area contributed by atoms with Gasteiger partial charge < -0.3 is 26.0 Å². The van der Waals surface area contributed by atoms with Crippen LogP contribution in [0.2, 0.25) is 0 Å². The van der Waals surface area contributed by atoms with E-state index in [1.165, 1.54) is 0 Å². The molecule has 1 unspecified atom stereocenters. The van der Waals surface area contributed by atoms with Gasteiger partial charge in [0.05, 0.1) is 11.9 Å². The number of hydrogen-bond acceptors (Lipinski definition) is 7. The Labute approximate surface area is 184 Å². The van der Waals surface area contributed by atoms with Gasteiger partial charge in [-0.15, -0.1) is 0 Å². The van der Waals surface area contributed by atoms with E-state index in [1.807, 2.05) is 30.5 Å². The molecular weight excluding hydrogens is 481 g/mol. The molecule has 0 spiro atoms. The molecule has 0 aliphatic carbocycles. The number of imidazole rings is 1. The molecule has 0 radical (unpaired) electrons. The molecular formula is C20H28IN7O. The molecule has 0 fully saturated rings. The topological polar surface area (TPSA) is 114 Å². The van der Waals surface area contributed by atoms with Crippen LogP contribution in [0.4, 0.5) is 17.5 Å². The smallest absolute Gasteiger partial charge is 0.226 e. The van der Waals surface area contributed by atoms with Crippen molar-refractivity contribution < 1.29 is 5.11 Å². The molecule has 8 nitrogen and oxygen atoms in total. The van der Waals surface area contributed by atoms with Gasteiger partial charge in [0.15, 0.2) is 17.0 Å². The third-order valence-corrected chi connectivity index (χ3v) is 5.80. The van der Waals surface area contributed by atoms with Crippen LogP contribution in [0, 0.1) is 9.49 Å². The molecule has 3 aromatic rings. The van der Waals surface area contributed by atoms with Gasteiger partial charge in [0.1, 0.15) is 0 Å². The Morgan fingerprint density at radius 2 is 2.03 bits per heavy atom. The van der Waals surface area contributed by atoms with Crippen LogP contribution in [-0.2, 0) is 13.1 Å². The molecule has 1 atom stereocenters. The number of nitrogens with zero attached hydrogens (tertiary/aromatic N) is 4. The Morgan fingerprint density at radius 1 is 1.28 bits per heavy atom. The van der Waals surface area contributed by atoms with Crippen LogP contribution in [0.15, 0.2) is 24.5 Å². The summed E-state index contributed by atoms with van der Waals surface area (Å²) < 4.78 is 3.10. The van der Waals surface area contributed by atoms with Gasteiger partial charge >= 0.3 is 0 Å². The Morgan fingerprint density at radius 3 is 2.72 bits per heavy atom. The van der Waals surface area contributed by atoms with Gasteiger partial charge in [0, 0.05) is 34.8 Å². The van der Waals surface area contributed by atoms with Crippen LogP contribution in [0.25, 0.3) is 11.2 Å². The van der Waals surface area contributed by atoms with Gasteiger partial charge in [-0.2, -0.15) is 9.97 Å². The molecule has 2 aromatic heterocycles. The Balaban J connectivity index is 1.88. The van der Waals surface area contributed by atoms with Crippen molar-refractivity contribution in [2.24, 2.45) is 5.92 Å². The maximum absolute atomic E-state index is 10.2. The highest BCUT2D eigenvalue weighted by Crippen LogP contribution is 2.24. The number of halogens is 1. The molecule has 156 valence electrons. The van der Waals surface area contributed by atoms with E-state index < -0.39 is 5.60 Å². The molecule has 9 heteroatoms. The normalized spacial score (nSPS) is 12.9. The van der Waals surface area contributed by atoms with Crippen LogP contribution in [-0.4, -0.2) is 36.8 Å². The zero-order chi connectivity index (χ0) is 21.2. The first-order valence-corrected chi connectivity index (χ1v) is 10.7. The van der Waals surface area contributed by atoms with E-state index in [4.69, 9.17) is 5.73 Å². The molecule has 0 saturated heterocycles. The molecule has 5 N–H and O–H groups in total. The van der Waals surface area contributed by atoms with Gasteiger partial charge in [-0.25, -0.2) is 4.98 Å². The molecule has 0 aliphatic rings. The molecule has 0 saturated carbocycles. The number of nitrogens with one attached hydrogen (secondary N) is 2. The minimum Gasteiger partial charge on any atom is -0.398 e. The summed E-state index contributed by atoms with van der Waals surface area (Å²) in [6, 6.07) is 5.94. The second kappa shape index (κ2) is 8.70. The van der Waals surface area contributed by atoms with Gasteiger partial charge in [0.25, 0.3) is 0 Å². The molecule has 0 bridgehead atoms. The van der Waals surface area contributed by atoms with Crippen molar-refractivity contribution in [2.45, 2.75) is 46.4 Å². The molecule has 2 heterocycles. The van der Waals surface area contributed by atoms with Crippen LogP contribution in [0.5, 0.6) is 0 Å². The van der Waals surface area contributed by atoms with E-state index in [2.05, 4.69) is 54.2 Å². The maximum Gasteiger partial charge on any atom is 0.226 e. The summed E-state index contributed by atoms with van der Waals surface area (Å²) in [5, 5.41) is 16.8. The second-order valence-electron chi connectivity index (χ2n) is 7.73. The van der Waals surface area contributed by atoms with E-state index in [0.717, 1.165) is 32.5 Å². The summed E-state index contributed by atoms with van der Waals surface area (Å²) >= 11 is 2.27. The van der Waals surface area contributed by atoms with E-state index >= 15 is 0 Å². The minimum absolute atomic E-state index is 0.0282. The first-order chi connectivity index (χ1) is 13.7. The summed E-state index contributed by atoms with van der Waals surface area (Å²) in [6.45, 7) is 9.48. The fourth-order valence-electron chi connectivity index (χ4n) is 2.78. The molecule has 29 heavy (non-hydrogen) atoms. The van der Waals surface area contributed by atoms with E-state index in [9.17, 15) is 5.11 Å². The van der Waals surface area contributed by atoms with Crippen molar-refractivity contribution in [1.29, 1.82) is 0 Å². The van der Waals surface area contributed by atoms with Crippen molar-refractivity contribution in [3.63, 3.8) is 0 Å². The van der Waals surface area contributed by atoms with Crippen LogP contribution in [0.3, 0.4) is 0 Å². The molecule has 1 aromatic carbocycles. The van der Waals surface area contributed by atoms with E-state index in [0.29, 0.717) is 24.9 Å². The van der Waals surface area contributed by atoms with Crippen LogP contribution in [0.1, 0.15) is 33.3 Å². The highest BCUT2D eigenvalue weighted by Gasteiger charge is 2.22. The van der Waals surface area contributed by atoms with E-state index in [1.54, 1.807) is 20.2 Å². The zero-order valence-electron chi connectivity index (χ0n) is 17.2. The monoisotopic (exact) mass is 509 g/mol. The summed E-state index contributed by atoms with van der Waals surface area (Å²) in [4.78, 5) is 13.8. The molecule has 0 aliphatic heterocycles. The van der Waals surface area contributed by atoms with Crippen molar-refractivity contribution in [2.75, 3.05) is 22.9 Å². The maximum atomic E-state index is 10.2. The summed E-state index contributed by atoms with van der Waals surface area (Å²) in [6.07, 6.45) is 1.77. The predicted octanol–water partition coefficient (Wildman–Crippen LogP) is 3.46. The van der Waals surface area contributed by atoms with Crippen LogP contribution < -0.4 is 16.4 Å². The Kier molecular flexibility index (Phi) is 6.47. The number of aromatic nitrogens is 4. The zero-order valence-corrected chi connectivity index (χ0v) is 19.4. The Hall–Kier alpha value is -2.14. The Bertz CT molecular complexity index is 996. The first kappa shape index (κ1) is 21.6. The highest BCUT2D eigenvalue weighted by atomic mass is 127. The number of nitrogens with two attached hydrogens (primary N) is 1. The quantitative estimate of drug-likeness (QED) is 0.272. The summed E-state index contributed by atoms with van der Waals surface area (Å²) in [5.74, 6) is 1.18. The van der Waals surface area contributed by atoms with Crippen molar-refractivity contribution in [3.05, 3.63) is 33.7 Å². The third-order valence-electron chi connectivity index (χ3n) is 5.13. The van der Waals surface area contributed by atoms with Gasteiger partial charge in [-0.3, -0.25) is 0 Å². The lowest BCUT2D eigenvalue weighted by Crippen LogP contribution is -2.33. The third kappa shape index (κ3) is 5.08. The second-order valence-corrected chi connectivity index (χ2v) is 8.98. The number of aliphatic hydroxyl groups is 1. The number of aryl methyl sites for hydroxylation is 1. The average molecular weight is 509 g/mol. The van der Waals surface area contributed by atoms with Gasteiger partial charge in [-0.05, 0) is 67.1 Å². The minimum atomic E-state index is -0.786. The first-order valence-electron chi connectivity index (χ1n) is 9.66. The summed E-state index contributed by atoms with van der Waals surface area (Å²) in [7, 11) is 0. The van der Waals surface area contributed by atoms with Gasteiger partial charge in [-0.1, -0.05) is 6.92 Å². The number of rotatable bonds is 8. The number of fused-ring (bicyclic) bond motifs is 1. The standard InChI is InChI=1S/C20H28IN7O/c1-5-28-11-25-16-17(23-10-13-8-14(21)6-7-15(13)22)26-19(27-18(16)28)24-9-12(2)20(3,4)29/h6-8,11-12,29H,5,9-10,22H2,1-4H3,(H2,23,24,26,27). The van der Waals surface area contributed by atoms with Crippen molar-refractivity contribution in [3.8, 4) is 0 Å². The van der Waals surface area contributed by atoms with Crippen LogP contribution >= 0.6 is 22.6 Å². The molecule has 0 amide bonds. The number of anilines is 3. The predicted molar refractivity (Wildman–Crippen MR) is 126 cm³/mol. The lowest BCUT2D eigenvalue weighted by atomic mass is 9.93. The largest absolute Gasteiger partial charge is 0.398 e. The lowest BCUT2D eigenvalue weighted by Gasteiger charge is -2.26. The fourth-order valence-corrected chi connectivity index (χ4v) is 3.33. The molecule has 3 rings (SSSR count). The highest BCUT2D eigenvalue weighted by molar-refractivity contribution is 14.1. The van der Waals surface area contributed by atoms with Crippen molar-refractivity contribution in [1.82, 2.24) is 19.5 Å². The number of nitrogen functional groups attached to an aromatic ring is 1. The fraction of sp³-hybridized carbons (Fsp3) is 0.450. The van der Waals surface area contributed by atoms with Gasteiger partial charge in [0.2, 0.25) is 5.95 Å². The number of benzene rings is 1. The summed E-state index contributed by atoms with van der Waals surface area (Å²) in [5.41, 5.74) is 8.55.